The van der Waals surface area contributed by atoms with Gasteiger partial charge < -0.3 is 4.74 Å². The van der Waals surface area contributed by atoms with Gasteiger partial charge in [0.15, 0.2) is 0 Å². The third-order valence-corrected chi connectivity index (χ3v) is 9.85. The van der Waals surface area contributed by atoms with Gasteiger partial charge in [-0.1, -0.05) is 67.6 Å². The van der Waals surface area contributed by atoms with Crippen LogP contribution < -0.4 is 16.0 Å². The second-order valence-corrected chi connectivity index (χ2v) is 11.8. The van der Waals surface area contributed by atoms with Gasteiger partial charge in [0.05, 0.1) is 6.61 Å². The number of benzene rings is 2. The first-order chi connectivity index (χ1) is 15.7. The molecule has 1 heterocycles. The van der Waals surface area contributed by atoms with Gasteiger partial charge in [-0.25, -0.2) is 5.01 Å². The monoisotopic (exact) mass is 465 g/mol. The minimum Gasteiger partial charge on any atom is -0.383 e. The van der Waals surface area contributed by atoms with E-state index < -0.39 is 7.92 Å². The van der Waals surface area contributed by atoms with E-state index in [2.05, 4.69) is 104 Å². The fourth-order valence-electron chi connectivity index (χ4n) is 4.59. The number of rotatable bonds is 10. The van der Waals surface area contributed by atoms with Gasteiger partial charge in [0.2, 0.25) is 0 Å². The summed E-state index contributed by atoms with van der Waals surface area (Å²) in [4.78, 5) is 0. The Balaban J connectivity index is 1.63. The molecule has 4 rings (SSSR count). The molecule has 169 valence electrons. The number of methoxy groups -OCH3 is 1. The highest BCUT2D eigenvalue weighted by molar-refractivity contribution is 7.99. The number of hydrogen-bond donors (Lipinski definition) is 1. The van der Waals surface area contributed by atoms with Crippen LogP contribution in [-0.4, -0.2) is 48.9 Å². The maximum atomic E-state index is 5.51. The van der Waals surface area contributed by atoms with E-state index in [9.17, 15) is 0 Å². The third-order valence-electron chi connectivity index (χ3n) is 6.31. The molecule has 0 spiro atoms. The quantitative estimate of drug-likeness (QED) is 0.519. The standard InChI is InChI=1S/C27H34N2OPS/c1-21(32-3)27(28-29-19-11-12-22(29)20-30-2)25-17-10-18-26(25)31(23-13-6-4-7-14-23)24-15-8-5-9-16-24/h4-10,13-18,21-22,27-28H,11-12,19-20H2,1-3H3/t21-,22+,27+/m1/s1. The normalized spacial score (nSPS) is 22.6. The highest BCUT2D eigenvalue weighted by Gasteiger charge is 2.44. The molecule has 5 radical (unpaired) electrons. The molecule has 2 aliphatic rings. The second-order valence-electron chi connectivity index (χ2n) is 8.37. The lowest BCUT2D eigenvalue weighted by Gasteiger charge is -2.39. The van der Waals surface area contributed by atoms with E-state index in [-0.39, 0.29) is 6.04 Å². The van der Waals surface area contributed by atoms with Crippen molar-refractivity contribution in [2.45, 2.75) is 37.1 Å². The predicted octanol–water partition coefficient (Wildman–Crippen LogP) is 4.59. The van der Waals surface area contributed by atoms with Crippen molar-refractivity contribution in [3.05, 3.63) is 91.5 Å². The number of ether oxygens (including phenoxy) is 1. The molecule has 2 aromatic carbocycles. The SMILES string of the molecule is COC[C@@H]1CCCN1N[C@H]([C]1[CH][CH][CH][C]1P(c1ccccc1)c1ccccc1)[C@@H](C)SC. The van der Waals surface area contributed by atoms with E-state index in [0.29, 0.717) is 11.3 Å². The molecule has 1 saturated heterocycles. The molecule has 0 amide bonds. The molecule has 1 aliphatic heterocycles. The highest BCUT2D eigenvalue weighted by atomic mass is 32.2. The van der Waals surface area contributed by atoms with Gasteiger partial charge in [-0.2, -0.15) is 11.8 Å². The first kappa shape index (κ1) is 24.2. The van der Waals surface area contributed by atoms with Crippen LogP contribution in [0.15, 0.2) is 60.7 Å². The molecule has 32 heavy (non-hydrogen) atoms. The highest BCUT2D eigenvalue weighted by Crippen LogP contribution is 2.57. The zero-order valence-corrected chi connectivity index (χ0v) is 21.0. The molecule has 3 nitrogen and oxygen atoms in total. The Kier molecular flexibility index (Phi) is 9.08. The Morgan fingerprint density at radius 2 is 1.72 bits per heavy atom. The number of thioether (sulfide) groups is 1. The fraction of sp³-hybridized carbons (Fsp3) is 0.370. The Morgan fingerprint density at radius 1 is 1.06 bits per heavy atom. The van der Waals surface area contributed by atoms with Gasteiger partial charge in [-0.05, 0) is 56.9 Å². The average molecular weight is 466 g/mol. The number of nitrogens with one attached hydrogen (secondary N) is 1. The lowest BCUT2D eigenvalue weighted by Crippen LogP contribution is -2.54. The molecule has 2 aromatic rings. The summed E-state index contributed by atoms with van der Waals surface area (Å²) in [6.45, 7) is 4.20. The van der Waals surface area contributed by atoms with Crippen molar-refractivity contribution in [3.63, 3.8) is 0 Å². The van der Waals surface area contributed by atoms with Crippen LogP contribution in [-0.2, 0) is 4.74 Å². The summed E-state index contributed by atoms with van der Waals surface area (Å²) in [5, 5.41) is 5.68. The minimum absolute atomic E-state index is 0.255. The van der Waals surface area contributed by atoms with Crippen molar-refractivity contribution in [3.8, 4) is 0 Å². The van der Waals surface area contributed by atoms with Gasteiger partial charge in [0.1, 0.15) is 0 Å². The van der Waals surface area contributed by atoms with Gasteiger partial charge in [0, 0.05) is 42.6 Å². The zero-order chi connectivity index (χ0) is 22.3. The third kappa shape index (κ3) is 5.59. The van der Waals surface area contributed by atoms with Crippen LogP contribution in [0.25, 0.3) is 0 Å². The number of nitrogens with zero attached hydrogens (tertiary/aromatic N) is 1. The summed E-state index contributed by atoms with van der Waals surface area (Å²) in [6.07, 6.45) is 11.5. The van der Waals surface area contributed by atoms with Crippen LogP contribution in [0.5, 0.6) is 0 Å². The maximum Gasteiger partial charge on any atom is 0.0632 e. The fourth-order valence-corrected chi connectivity index (χ4v) is 7.57. The first-order valence-electron chi connectivity index (χ1n) is 11.4. The van der Waals surface area contributed by atoms with Gasteiger partial charge in [-0.15, -0.1) is 0 Å². The topological polar surface area (TPSA) is 24.5 Å². The van der Waals surface area contributed by atoms with Crippen molar-refractivity contribution < 1.29 is 4.74 Å². The molecular formula is C27H34N2OPS. The van der Waals surface area contributed by atoms with E-state index in [1.54, 1.807) is 7.11 Å². The molecule has 5 heteroatoms. The van der Waals surface area contributed by atoms with Crippen molar-refractivity contribution in [1.82, 2.24) is 10.4 Å². The molecule has 3 atom stereocenters. The van der Waals surface area contributed by atoms with E-state index in [0.717, 1.165) is 13.2 Å². The average Bonchev–Trinajstić information content (AvgIpc) is 3.48. The van der Waals surface area contributed by atoms with Crippen LogP contribution in [0.3, 0.4) is 0 Å². The van der Waals surface area contributed by atoms with Gasteiger partial charge in [0.25, 0.3) is 0 Å². The van der Waals surface area contributed by atoms with Crippen LogP contribution in [0.1, 0.15) is 19.8 Å². The molecule has 2 fully saturated rings. The summed E-state index contributed by atoms with van der Waals surface area (Å²) < 4.78 is 5.51. The first-order valence-corrected chi connectivity index (χ1v) is 14.1. The van der Waals surface area contributed by atoms with E-state index >= 15 is 0 Å². The summed E-state index contributed by atoms with van der Waals surface area (Å²) in [5.41, 5.74) is 5.40. The number of hydrazine groups is 1. The Morgan fingerprint density at radius 3 is 2.31 bits per heavy atom. The number of hydrogen-bond acceptors (Lipinski definition) is 4. The molecule has 0 unspecified atom stereocenters. The smallest absolute Gasteiger partial charge is 0.0632 e. The van der Waals surface area contributed by atoms with Crippen LogP contribution >= 0.6 is 19.7 Å². The molecule has 1 saturated carbocycles. The summed E-state index contributed by atoms with van der Waals surface area (Å²) >= 11 is 1.93. The summed E-state index contributed by atoms with van der Waals surface area (Å²) in [6, 6.07) is 22.7. The molecular weight excluding hydrogens is 431 g/mol. The van der Waals surface area contributed by atoms with Crippen LogP contribution in [0, 0.1) is 30.8 Å². The Bertz CT molecular complexity index is 768. The van der Waals surface area contributed by atoms with Gasteiger partial charge >= 0.3 is 0 Å². The summed E-state index contributed by atoms with van der Waals surface area (Å²) in [5.74, 6) is 1.42. The molecule has 0 aromatic heterocycles. The summed E-state index contributed by atoms with van der Waals surface area (Å²) in [7, 11) is 1.19. The zero-order valence-electron chi connectivity index (χ0n) is 19.3. The minimum atomic E-state index is -0.620. The largest absolute Gasteiger partial charge is 0.383 e. The second kappa shape index (κ2) is 12.0. The van der Waals surface area contributed by atoms with Crippen molar-refractivity contribution in [1.29, 1.82) is 0 Å². The predicted molar refractivity (Wildman–Crippen MR) is 140 cm³/mol. The van der Waals surface area contributed by atoms with Crippen molar-refractivity contribution in [2.24, 2.45) is 0 Å². The van der Waals surface area contributed by atoms with E-state index in [1.165, 1.54) is 35.0 Å². The van der Waals surface area contributed by atoms with Crippen molar-refractivity contribution >= 4 is 30.3 Å². The Hall–Kier alpha value is -0.900. The molecule has 0 bridgehead atoms. The van der Waals surface area contributed by atoms with Gasteiger partial charge in [-0.3, -0.25) is 5.43 Å². The van der Waals surface area contributed by atoms with Crippen molar-refractivity contribution in [2.75, 3.05) is 26.5 Å². The van der Waals surface area contributed by atoms with E-state index in [1.807, 2.05) is 11.8 Å². The van der Waals surface area contributed by atoms with Crippen LogP contribution in [0.2, 0.25) is 0 Å². The van der Waals surface area contributed by atoms with E-state index in [4.69, 9.17) is 4.74 Å². The maximum absolute atomic E-state index is 5.51. The lowest BCUT2D eigenvalue weighted by molar-refractivity contribution is 0.0736. The Labute approximate surface area is 200 Å². The lowest BCUT2D eigenvalue weighted by atomic mass is 9.95. The molecule has 1 aliphatic carbocycles. The molecule has 1 N–H and O–H groups in total. The van der Waals surface area contributed by atoms with Crippen LogP contribution in [0.4, 0.5) is 0 Å².